The monoisotopic (exact) mass is 336 g/mol. The van der Waals surface area contributed by atoms with Crippen molar-refractivity contribution in [3.8, 4) is 5.75 Å². The summed E-state index contributed by atoms with van der Waals surface area (Å²) in [5.41, 5.74) is -0.206. The number of benzene rings is 2. The number of aromatic hydroxyl groups is 1. The molecule has 0 aliphatic heterocycles. The van der Waals surface area contributed by atoms with E-state index in [9.17, 15) is 28.4 Å². The number of nitrogens with zero attached hydrogens (tertiary/aromatic N) is 1. The van der Waals surface area contributed by atoms with Crippen molar-refractivity contribution >= 4 is 27.1 Å². The summed E-state index contributed by atoms with van der Waals surface area (Å²) in [6.07, 6.45) is 0. The van der Waals surface area contributed by atoms with Crippen LogP contribution in [0.25, 0.3) is 0 Å². The summed E-state index contributed by atoms with van der Waals surface area (Å²) < 4.78 is 25.1. The number of nitro benzene ring substituents is 1. The van der Waals surface area contributed by atoms with E-state index in [1.54, 1.807) is 0 Å². The first kappa shape index (κ1) is 16.4. The Bertz CT molecular complexity index is 892. The van der Waals surface area contributed by atoms with E-state index in [4.69, 9.17) is 0 Å². The molecule has 0 unspecified atom stereocenters. The third kappa shape index (κ3) is 3.46. The van der Waals surface area contributed by atoms with Crippen LogP contribution in [0.1, 0.15) is 6.92 Å². The van der Waals surface area contributed by atoms with Gasteiger partial charge in [-0.2, -0.15) is 0 Å². The zero-order valence-corrected chi connectivity index (χ0v) is 12.7. The maximum absolute atomic E-state index is 12.6. The minimum atomic E-state index is -4.19. The summed E-state index contributed by atoms with van der Waals surface area (Å²) in [7, 11) is -4.19. The Labute approximate surface area is 131 Å². The predicted molar refractivity (Wildman–Crippen MR) is 81.0 cm³/mol. The molecular weight excluding hydrogens is 324 g/mol. The molecule has 0 radical (unpaired) electrons. The van der Waals surface area contributed by atoms with E-state index in [1.165, 1.54) is 25.1 Å². The molecule has 0 aliphatic carbocycles. The first-order chi connectivity index (χ1) is 10.7. The largest absolute Gasteiger partial charge is 0.507 e. The van der Waals surface area contributed by atoms with Crippen molar-refractivity contribution in [1.29, 1.82) is 0 Å². The van der Waals surface area contributed by atoms with Gasteiger partial charge in [0.05, 0.1) is 9.82 Å². The van der Waals surface area contributed by atoms with E-state index in [0.717, 1.165) is 24.3 Å². The fourth-order valence-corrected chi connectivity index (χ4v) is 3.31. The number of anilines is 1. The van der Waals surface area contributed by atoms with E-state index in [-0.39, 0.29) is 16.3 Å². The van der Waals surface area contributed by atoms with Crippen LogP contribution in [0.3, 0.4) is 0 Å². The van der Waals surface area contributed by atoms with Gasteiger partial charge in [0, 0.05) is 24.7 Å². The number of hydrogen-bond acceptors (Lipinski definition) is 6. The Morgan fingerprint density at radius 3 is 2.52 bits per heavy atom. The van der Waals surface area contributed by atoms with Crippen LogP contribution in [-0.2, 0) is 14.6 Å². The van der Waals surface area contributed by atoms with Crippen LogP contribution in [-0.4, -0.2) is 24.4 Å². The molecule has 0 atom stereocenters. The number of nitrogens with one attached hydrogen (secondary N) is 1. The topological polar surface area (TPSA) is 127 Å². The van der Waals surface area contributed by atoms with E-state index < -0.39 is 31.3 Å². The highest BCUT2D eigenvalue weighted by atomic mass is 32.2. The Kier molecular flexibility index (Phi) is 4.32. The first-order valence-corrected chi connectivity index (χ1v) is 7.80. The van der Waals surface area contributed by atoms with Gasteiger partial charge < -0.3 is 10.4 Å². The van der Waals surface area contributed by atoms with Gasteiger partial charge in [-0.3, -0.25) is 14.9 Å². The van der Waals surface area contributed by atoms with Gasteiger partial charge in [0.2, 0.25) is 15.7 Å². The Morgan fingerprint density at radius 2 is 1.91 bits per heavy atom. The molecule has 8 nitrogen and oxygen atoms in total. The van der Waals surface area contributed by atoms with Crippen molar-refractivity contribution in [3.05, 3.63) is 52.6 Å². The SMILES string of the molecule is CC(=O)Nc1ccc(O)c(S(=O)(=O)c2cccc([N+](=O)[O-])c2)c1. The van der Waals surface area contributed by atoms with Crippen molar-refractivity contribution in [1.82, 2.24) is 0 Å². The molecule has 0 saturated heterocycles. The number of carbonyl (C=O) groups excluding carboxylic acids is 1. The maximum atomic E-state index is 12.6. The first-order valence-electron chi connectivity index (χ1n) is 6.32. The number of nitro groups is 1. The molecule has 0 fully saturated rings. The molecule has 23 heavy (non-hydrogen) atoms. The van der Waals surface area contributed by atoms with Gasteiger partial charge in [0.25, 0.3) is 5.69 Å². The van der Waals surface area contributed by atoms with Crippen molar-refractivity contribution in [2.45, 2.75) is 16.7 Å². The highest BCUT2D eigenvalue weighted by molar-refractivity contribution is 7.91. The van der Waals surface area contributed by atoms with Gasteiger partial charge in [0.15, 0.2) is 0 Å². The van der Waals surface area contributed by atoms with Crippen LogP contribution >= 0.6 is 0 Å². The summed E-state index contributed by atoms with van der Waals surface area (Å²) in [4.78, 5) is 20.3. The van der Waals surface area contributed by atoms with Gasteiger partial charge in [-0.05, 0) is 24.3 Å². The normalized spacial score (nSPS) is 11.0. The van der Waals surface area contributed by atoms with Gasteiger partial charge in [-0.25, -0.2) is 8.42 Å². The maximum Gasteiger partial charge on any atom is 0.270 e. The standard InChI is InChI=1S/C14H12N2O6S/c1-9(17)15-10-5-6-13(18)14(7-10)23(21,22)12-4-2-3-11(8-12)16(19)20/h2-8,18H,1H3,(H,15,17). The molecule has 2 aromatic rings. The van der Waals surface area contributed by atoms with Gasteiger partial charge in [-0.1, -0.05) is 6.07 Å². The summed E-state index contributed by atoms with van der Waals surface area (Å²) in [5.74, 6) is -0.931. The number of carbonyl (C=O) groups is 1. The highest BCUT2D eigenvalue weighted by Crippen LogP contribution is 2.32. The molecule has 2 aromatic carbocycles. The molecule has 0 aromatic heterocycles. The van der Waals surface area contributed by atoms with Gasteiger partial charge in [-0.15, -0.1) is 0 Å². The Hall–Kier alpha value is -2.94. The summed E-state index contributed by atoms with van der Waals surface area (Å²) in [6, 6.07) is 8.03. The van der Waals surface area contributed by atoms with Gasteiger partial charge >= 0.3 is 0 Å². The number of sulfone groups is 1. The molecule has 0 bridgehead atoms. The van der Waals surface area contributed by atoms with Crippen molar-refractivity contribution in [3.63, 3.8) is 0 Å². The number of hydrogen-bond donors (Lipinski definition) is 2. The zero-order valence-electron chi connectivity index (χ0n) is 11.9. The third-order valence-corrected chi connectivity index (χ3v) is 4.69. The van der Waals surface area contributed by atoms with E-state index >= 15 is 0 Å². The number of amides is 1. The fraction of sp³-hybridized carbons (Fsp3) is 0.0714. The summed E-state index contributed by atoms with van der Waals surface area (Å²) in [6.45, 7) is 1.25. The molecule has 0 aliphatic rings. The molecule has 2 N–H and O–H groups in total. The van der Waals surface area contributed by atoms with Crippen LogP contribution in [0, 0.1) is 10.1 Å². The molecule has 0 saturated carbocycles. The second kappa shape index (κ2) is 6.05. The smallest absolute Gasteiger partial charge is 0.270 e. The lowest BCUT2D eigenvalue weighted by molar-refractivity contribution is -0.385. The lowest BCUT2D eigenvalue weighted by Crippen LogP contribution is -2.08. The predicted octanol–water partition coefficient (Wildman–Crippen LogP) is 2.09. The van der Waals surface area contributed by atoms with Gasteiger partial charge in [0.1, 0.15) is 10.6 Å². The molecule has 120 valence electrons. The van der Waals surface area contributed by atoms with Crippen molar-refractivity contribution in [2.75, 3.05) is 5.32 Å². The second-order valence-electron chi connectivity index (χ2n) is 4.62. The van der Waals surface area contributed by atoms with E-state index in [1.807, 2.05) is 0 Å². The van der Waals surface area contributed by atoms with Crippen LogP contribution in [0.2, 0.25) is 0 Å². The minimum Gasteiger partial charge on any atom is -0.507 e. The number of phenolic OH excluding ortho intramolecular Hbond substituents is 1. The lowest BCUT2D eigenvalue weighted by Gasteiger charge is -2.09. The molecular formula is C14H12N2O6S. The highest BCUT2D eigenvalue weighted by Gasteiger charge is 2.24. The molecule has 0 heterocycles. The average Bonchev–Trinajstić information content (AvgIpc) is 2.48. The van der Waals surface area contributed by atoms with Crippen LogP contribution in [0.15, 0.2) is 52.3 Å². The minimum absolute atomic E-state index is 0.180. The van der Waals surface area contributed by atoms with E-state index in [0.29, 0.717) is 0 Å². The van der Waals surface area contributed by atoms with Crippen LogP contribution < -0.4 is 5.32 Å². The summed E-state index contributed by atoms with van der Waals surface area (Å²) in [5, 5.41) is 23.0. The number of phenols is 1. The zero-order chi connectivity index (χ0) is 17.2. The molecule has 1 amide bonds. The van der Waals surface area contributed by atoms with Crippen molar-refractivity contribution < 1.29 is 23.2 Å². The molecule has 2 rings (SSSR count). The lowest BCUT2D eigenvalue weighted by atomic mass is 10.3. The fourth-order valence-electron chi connectivity index (χ4n) is 1.90. The Balaban J connectivity index is 2.57. The molecule has 9 heteroatoms. The number of non-ortho nitro benzene ring substituents is 1. The average molecular weight is 336 g/mol. The summed E-state index contributed by atoms with van der Waals surface area (Å²) >= 11 is 0. The quantitative estimate of drug-likeness (QED) is 0.500. The number of rotatable bonds is 4. The Morgan fingerprint density at radius 1 is 1.22 bits per heavy atom. The van der Waals surface area contributed by atoms with E-state index in [2.05, 4.69) is 5.32 Å². The van der Waals surface area contributed by atoms with Crippen LogP contribution in [0.4, 0.5) is 11.4 Å². The second-order valence-corrected chi connectivity index (χ2v) is 6.54. The van der Waals surface area contributed by atoms with Crippen molar-refractivity contribution in [2.24, 2.45) is 0 Å². The molecule has 0 spiro atoms. The third-order valence-electron chi connectivity index (χ3n) is 2.91. The van der Waals surface area contributed by atoms with Crippen LogP contribution in [0.5, 0.6) is 5.75 Å².